The Balaban J connectivity index is 2.06. The van der Waals surface area contributed by atoms with Crippen molar-refractivity contribution in [3.63, 3.8) is 0 Å². The number of amides is 1. The van der Waals surface area contributed by atoms with Gasteiger partial charge in [-0.2, -0.15) is 0 Å². The van der Waals surface area contributed by atoms with Gasteiger partial charge in [0.05, 0.1) is 11.6 Å². The predicted octanol–water partition coefficient (Wildman–Crippen LogP) is 2.71. The van der Waals surface area contributed by atoms with Crippen molar-refractivity contribution in [2.24, 2.45) is 11.8 Å². The molecule has 0 aliphatic heterocycles. The lowest BCUT2D eigenvalue weighted by Gasteiger charge is -2.12. The third kappa shape index (κ3) is 2.95. The van der Waals surface area contributed by atoms with E-state index in [1.807, 2.05) is 0 Å². The van der Waals surface area contributed by atoms with E-state index in [9.17, 15) is 18.4 Å². The standard InChI is InChI=1S/C14H15F2NO3/c1-7-4-11(16)12(6-10(7)15)17-13(18)8-2-3-9(5-8)14(19)20/h4,6,8-9H,2-3,5H2,1H3,(H,17,18)(H,19,20)/t8-,9+/m1/s1. The number of benzene rings is 1. The van der Waals surface area contributed by atoms with Crippen molar-refractivity contribution in [2.45, 2.75) is 26.2 Å². The number of carbonyl (C=O) groups excluding carboxylic acids is 1. The zero-order valence-electron chi connectivity index (χ0n) is 11.0. The highest BCUT2D eigenvalue weighted by Gasteiger charge is 2.34. The Morgan fingerprint density at radius 1 is 1.20 bits per heavy atom. The highest BCUT2D eigenvalue weighted by Crippen LogP contribution is 2.32. The zero-order chi connectivity index (χ0) is 14.9. The van der Waals surface area contributed by atoms with Crippen LogP contribution in [0.5, 0.6) is 0 Å². The van der Waals surface area contributed by atoms with Crippen LogP contribution < -0.4 is 5.32 Å². The van der Waals surface area contributed by atoms with E-state index < -0.39 is 35.3 Å². The Morgan fingerprint density at radius 3 is 2.45 bits per heavy atom. The van der Waals surface area contributed by atoms with Gasteiger partial charge in [-0.1, -0.05) is 0 Å². The highest BCUT2D eigenvalue weighted by atomic mass is 19.1. The summed E-state index contributed by atoms with van der Waals surface area (Å²) in [7, 11) is 0. The number of hydrogen-bond acceptors (Lipinski definition) is 2. The molecule has 0 heterocycles. The molecular weight excluding hydrogens is 268 g/mol. The molecule has 0 unspecified atom stereocenters. The summed E-state index contributed by atoms with van der Waals surface area (Å²) in [5.74, 6) is -3.70. The third-order valence-electron chi connectivity index (χ3n) is 3.66. The van der Waals surface area contributed by atoms with Crippen LogP contribution in [0.25, 0.3) is 0 Å². The van der Waals surface area contributed by atoms with Crippen molar-refractivity contribution >= 4 is 17.6 Å². The molecule has 1 saturated carbocycles. The maximum absolute atomic E-state index is 13.6. The van der Waals surface area contributed by atoms with Crippen LogP contribution in [-0.2, 0) is 9.59 Å². The van der Waals surface area contributed by atoms with Crippen molar-refractivity contribution < 1.29 is 23.5 Å². The zero-order valence-corrected chi connectivity index (χ0v) is 11.0. The average Bonchev–Trinajstić information content (AvgIpc) is 2.85. The minimum atomic E-state index is -0.923. The van der Waals surface area contributed by atoms with Crippen LogP contribution >= 0.6 is 0 Å². The van der Waals surface area contributed by atoms with Gasteiger partial charge in [0.25, 0.3) is 0 Å². The molecule has 2 atom stereocenters. The summed E-state index contributed by atoms with van der Waals surface area (Å²) < 4.78 is 27.0. The summed E-state index contributed by atoms with van der Waals surface area (Å²) in [6.45, 7) is 1.43. The first-order valence-electron chi connectivity index (χ1n) is 6.37. The Labute approximate surface area is 114 Å². The fraction of sp³-hybridized carbons (Fsp3) is 0.429. The summed E-state index contributed by atoms with van der Waals surface area (Å²) in [6.07, 6.45) is 1.11. The van der Waals surface area contributed by atoms with E-state index in [0.29, 0.717) is 12.8 Å². The quantitative estimate of drug-likeness (QED) is 0.896. The number of rotatable bonds is 3. The molecule has 0 spiro atoms. The van der Waals surface area contributed by atoms with Crippen molar-refractivity contribution in [3.8, 4) is 0 Å². The molecule has 1 amide bonds. The van der Waals surface area contributed by atoms with Gasteiger partial charge in [0, 0.05) is 12.0 Å². The van der Waals surface area contributed by atoms with Gasteiger partial charge in [-0.25, -0.2) is 8.78 Å². The number of aliphatic carboxylic acids is 1. The van der Waals surface area contributed by atoms with Gasteiger partial charge >= 0.3 is 5.97 Å². The number of carboxylic acid groups (broad SMARTS) is 1. The topological polar surface area (TPSA) is 66.4 Å². The lowest BCUT2D eigenvalue weighted by atomic mass is 10.0. The van der Waals surface area contributed by atoms with Gasteiger partial charge in [0.15, 0.2) is 0 Å². The first kappa shape index (κ1) is 14.4. The second kappa shape index (κ2) is 5.56. The maximum atomic E-state index is 13.6. The number of halogens is 2. The Hall–Kier alpha value is -1.98. The number of anilines is 1. The maximum Gasteiger partial charge on any atom is 0.306 e. The van der Waals surface area contributed by atoms with Crippen LogP contribution in [0.4, 0.5) is 14.5 Å². The van der Waals surface area contributed by atoms with Crippen molar-refractivity contribution in [1.29, 1.82) is 0 Å². The molecule has 2 N–H and O–H groups in total. The first-order chi connectivity index (χ1) is 9.38. The highest BCUT2D eigenvalue weighted by molar-refractivity contribution is 5.93. The van der Waals surface area contributed by atoms with E-state index in [-0.39, 0.29) is 17.7 Å². The van der Waals surface area contributed by atoms with Crippen LogP contribution in [0.2, 0.25) is 0 Å². The second-order valence-corrected chi connectivity index (χ2v) is 5.12. The van der Waals surface area contributed by atoms with Crippen molar-refractivity contribution in [1.82, 2.24) is 0 Å². The van der Waals surface area contributed by atoms with Gasteiger partial charge in [0.1, 0.15) is 11.6 Å². The summed E-state index contributed by atoms with van der Waals surface area (Å²) in [5, 5.41) is 11.2. The molecule has 0 radical (unpaired) electrons. The van der Waals surface area contributed by atoms with Crippen LogP contribution in [0.15, 0.2) is 12.1 Å². The second-order valence-electron chi connectivity index (χ2n) is 5.12. The molecule has 0 saturated heterocycles. The first-order valence-corrected chi connectivity index (χ1v) is 6.37. The lowest BCUT2D eigenvalue weighted by Crippen LogP contribution is -2.22. The molecule has 1 aromatic rings. The normalized spacial score (nSPS) is 21.8. The van der Waals surface area contributed by atoms with E-state index in [1.54, 1.807) is 0 Å². The van der Waals surface area contributed by atoms with Crippen LogP contribution in [-0.4, -0.2) is 17.0 Å². The SMILES string of the molecule is Cc1cc(F)c(NC(=O)[C@@H]2CC[C@H](C(=O)O)C2)cc1F. The number of carboxylic acids is 1. The number of hydrogen-bond donors (Lipinski definition) is 2. The summed E-state index contributed by atoms with van der Waals surface area (Å²) in [5.41, 5.74) is -0.0517. The molecule has 1 aliphatic carbocycles. The van der Waals surface area contributed by atoms with Crippen LogP contribution in [0.1, 0.15) is 24.8 Å². The average molecular weight is 283 g/mol. The van der Waals surface area contributed by atoms with Gasteiger partial charge in [-0.15, -0.1) is 0 Å². The fourth-order valence-electron chi connectivity index (χ4n) is 2.42. The van der Waals surface area contributed by atoms with Gasteiger partial charge in [-0.3, -0.25) is 9.59 Å². The number of nitrogens with one attached hydrogen (secondary N) is 1. The van der Waals surface area contributed by atoms with E-state index >= 15 is 0 Å². The minimum Gasteiger partial charge on any atom is -0.481 e. The Bertz CT molecular complexity index is 560. The molecule has 0 aromatic heterocycles. The van der Waals surface area contributed by atoms with E-state index in [2.05, 4.69) is 5.32 Å². The molecule has 20 heavy (non-hydrogen) atoms. The summed E-state index contributed by atoms with van der Waals surface area (Å²) >= 11 is 0. The predicted molar refractivity (Wildman–Crippen MR) is 68.2 cm³/mol. The lowest BCUT2D eigenvalue weighted by molar-refractivity contribution is -0.141. The molecule has 6 heteroatoms. The molecule has 4 nitrogen and oxygen atoms in total. The monoisotopic (exact) mass is 283 g/mol. The summed E-state index contributed by atoms with van der Waals surface area (Å²) in [6, 6.07) is 1.95. The van der Waals surface area contributed by atoms with E-state index in [0.717, 1.165) is 12.1 Å². The molecule has 1 fully saturated rings. The Morgan fingerprint density at radius 2 is 1.85 bits per heavy atom. The van der Waals surface area contributed by atoms with Crippen molar-refractivity contribution in [2.75, 3.05) is 5.32 Å². The van der Waals surface area contributed by atoms with Gasteiger partial charge < -0.3 is 10.4 Å². The molecule has 1 aliphatic rings. The van der Waals surface area contributed by atoms with E-state index in [4.69, 9.17) is 5.11 Å². The van der Waals surface area contributed by atoms with Gasteiger partial charge in [0.2, 0.25) is 5.91 Å². The Kier molecular flexibility index (Phi) is 4.01. The third-order valence-corrected chi connectivity index (χ3v) is 3.66. The fourth-order valence-corrected chi connectivity index (χ4v) is 2.42. The molecule has 108 valence electrons. The summed E-state index contributed by atoms with van der Waals surface area (Å²) in [4.78, 5) is 22.8. The van der Waals surface area contributed by atoms with Crippen molar-refractivity contribution in [3.05, 3.63) is 29.3 Å². The van der Waals surface area contributed by atoms with E-state index in [1.165, 1.54) is 6.92 Å². The minimum absolute atomic E-state index is 0.160. The largest absolute Gasteiger partial charge is 0.481 e. The molecule has 2 rings (SSSR count). The van der Waals surface area contributed by atoms with Gasteiger partial charge in [-0.05, 0) is 37.8 Å². The molecule has 0 bridgehead atoms. The number of aryl methyl sites for hydroxylation is 1. The smallest absolute Gasteiger partial charge is 0.306 e. The molecule has 1 aromatic carbocycles. The molecular formula is C14H15F2NO3. The number of carbonyl (C=O) groups is 2. The van der Waals surface area contributed by atoms with Crippen LogP contribution in [0, 0.1) is 30.4 Å². The van der Waals surface area contributed by atoms with Crippen LogP contribution in [0.3, 0.4) is 0 Å².